The quantitative estimate of drug-likeness (QED) is 0.358. The maximum atomic E-state index is 12.4. The molecule has 1 aliphatic heterocycles. The number of hydrogen-bond donors (Lipinski definition) is 0. The SMILES string of the molecule is CC(=O)[C@](C#N)(CCC(=O)Oc1ccc(I)cc1)c1ccc2c(c1)OCO2. The molecule has 1 atom stereocenters. The fourth-order valence-corrected chi connectivity index (χ4v) is 3.22. The van der Waals surface area contributed by atoms with Crippen molar-refractivity contribution < 1.29 is 23.8 Å². The Labute approximate surface area is 170 Å². The highest BCUT2D eigenvalue weighted by Crippen LogP contribution is 2.38. The molecule has 0 fully saturated rings. The van der Waals surface area contributed by atoms with E-state index in [4.69, 9.17) is 14.2 Å². The summed E-state index contributed by atoms with van der Waals surface area (Å²) in [6, 6.07) is 14.1. The zero-order valence-electron chi connectivity index (χ0n) is 14.5. The van der Waals surface area contributed by atoms with E-state index in [2.05, 4.69) is 28.7 Å². The number of rotatable bonds is 6. The van der Waals surface area contributed by atoms with Crippen molar-refractivity contribution in [2.75, 3.05) is 6.79 Å². The largest absolute Gasteiger partial charge is 0.454 e. The van der Waals surface area contributed by atoms with Crippen LogP contribution in [0.2, 0.25) is 0 Å². The molecule has 138 valence electrons. The number of nitrogens with zero attached hydrogens (tertiary/aromatic N) is 1. The van der Waals surface area contributed by atoms with E-state index in [0.717, 1.165) is 3.57 Å². The fraction of sp³-hybridized carbons (Fsp3) is 0.250. The van der Waals surface area contributed by atoms with E-state index in [-0.39, 0.29) is 25.4 Å². The highest BCUT2D eigenvalue weighted by molar-refractivity contribution is 14.1. The topological polar surface area (TPSA) is 85.6 Å². The molecule has 0 bridgehead atoms. The number of benzene rings is 2. The zero-order chi connectivity index (χ0) is 19.4. The summed E-state index contributed by atoms with van der Waals surface area (Å²) in [4.78, 5) is 24.6. The molecule has 0 amide bonds. The molecule has 2 aromatic carbocycles. The van der Waals surface area contributed by atoms with Gasteiger partial charge in [-0.2, -0.15) is 5.26 Å². The van der Waals surface area contributed by atoms with Crippen LogP contribution in [0.5, 0.6) is 17.2 Å². The minimum Gasteiger partial charge on any atom is -0.454 e. The third-order valence-corrected chi connectivity index (χ3v) is 5.13. The van der Waals surface area contributed by atoms with E-state index in [9.17, 15) is 14.9 Å². The molecule has 0 spiro atoms. The van der Waals surface area contributed by atoms with E-state index < -0.39 is 11.4 Å². The van der Waals surface area contributed by atoms with Gasteiger partial charge in [0.05, 0.1) is 6.07 Å². The first-order valence-electron chi connectivity index (χ1n) is 8.23. The van der Waals surface area contributed by atoms with Crippen LogP contribution in [0.15, 0.2) is 42.5 Å². The van der Waals surface area contributed by atoms with Crippen LogP contribution in [0.25, 0.3) is 0 Å². The van der Waals surface area contributed by atoms with E-state index >= 15 is 0 Å². The Morgan fingerprint density at radius 1 is 1.19 bits per heavy atom. The van der Waals surface area contributed by atoms with Crippen molar-refractivity contribution in [3.05, 3.63) is 51.6 Å². The van der Waals surface area contributed by atoms with Crippen molar-refractivity contribution in [2.24, 2.45) is 0 Å². The average Bonchev–Trinajstić information content (AvgIpc) is 3.12. The Kier molecular flexibility index (Phi) is 5.65. The summed E-state index contributed by atoms with van der Waals surface area (Å²) in [5.74, 6) is 0.625. The molecule has 7 heteroatoms. The first-order valence-corrected chi connectivity index (χ1v) is 9.31. The lowest BCUT2D eigenvalue weighted by atomic mass is 9.75. The van der Waals surface area contributed by atoms with Gasteiger partial charge in [0.1, 0.15) is 11.2 Å². The van der Waals surface area contributed by atoms with Crippen molar-refractivity contribution in [3.63, 3.8) is 0 Å². The number of nitriles is 1. The summed E-state index contributed by atoms with van der Waals surface area (Å²) in [6.07, 6.45) is -0.0603. The maximum absolute atomic E-state index is 12.4. The zero-order valence-corrected chi connectivity index (χ0v) is 16.7. The lowest BCUT2D eigenvalue weighted by molar-refractivity contribution is -0.134. The van der Waals surface area contributed by atoms with Crippen LogP contribution in [0, 0.1) is 14.9 Å². The number of esters is 1. The third kappa shape index (κ3) is 4.06. The first-order chi connectivity index (χ1) is 12.9. The molecule has 0 saturated heterocycles. The molecule has 1 heterocycles. The summed E-state index contributed by atoms with van der Waals surface area (Å²) >= 11 is 2.16. The fourth-order valence-electron chi connectivity index (χ4n) is 2.86. The first kappa shape index (κ1) is 19.2. The minimum atomic E-state index is -1.45. The van der Waals surface area contributed by atoms with Gasteiger partial charge in [0.15, 0.2) is 17.3 Å². The Hall–Kier alpha value is -2.60. The average molecular weight is 477 g/mol. The smallest absolute Gasteiger partial charge is 0.311 e. The highest BCUT2D eigenvalue weighted by atomic mass is 127. The van der Waals surface area contributed by atoms with Crippen LogP contribution in [0.3, 0.4) is 0 Å². The van der Waals surface area contributed by atoms with Gasteiger partial charge in [-0.1, -0.05) is 6.07 Å². The van der Waals surface area contributed by atoms with Gasteiger partial charge in [0, 0.05) is 9.99 Å². The molecule has 0 radical (unpaired) electrons. The van der Waals surface area contributed by atoms with Crippen LogP contribution in [-0.4, -0.2) is 18.5 Å². The second kappa shape index (κ2) is 7.96. The van der Waals surface area contributed by atoms with Crippen molar-refractivity contribution >= 4 is 34.3 Å². The molecule has 0 N–H and O–H groups in total. The summed E-state index contributed by atoms with van der Waals surface area (Å²) in [6.45, 7) is 1.44. The van der Waals surface area contributed by atoms with Crippen LogP contribution >= 0.6 is 22.6 Å². The second-order valence-electron chi connectivity index (χ2n) is 6.07. The molecule has 6 nitrogen and oxygen atoms in total. The molecule has 27 heavy (non-hydrogen) atoms. The molecule has 0 saturated carbocycles. The molecule has 0 unspecified atom stereocenters. The van der Waals surface area contributed by atoms with E-state index in [1.54, 1.807) is 30.3 Å². The van der Waals surface area contributed by atoms with Gasteiger partial charge < -0.3 is 14.2 Å². The van der Waals surface area contributed by atoms with Gasteiger partial charge in [0.25, 0.3) is 0 Å². The van der Waals surface area contributed by atoms with Crippen LogP contribution < -0.4 is 14.2 Å². The summed E-state index contributed by atoms with van der Waals surface area (Å²) < 4.78 is 16.9. The van der Waals surface area contributed by atoms with Gasteiger partial charge in [-0.05, 0) is 77.9 Å². The van der Waals surface area contributed by atoms with E-state index in [1.807, 2.05) is 12.1 Å². The lowest BCUT2D eigenvalue weighted by Crippen LogP contribution is -2.33. The number of hydrogen-bond acceptors (Lipinski definition) is 6. The van der Waals surface area contributed by atoms with Crippen molar-refractivity contribution in [2.45, 2.75) is 25.2 Å². The maximum Gasteiger partial charge on any atom is 0.311 e. The molecule has 3 rings (SSSR count). The Morgan fingerprint density at radius 3 is 2.56 bits per heavy atom. The highest BCUT2D eigenvalue weighted by Gasteiger charge is 2.39. The second-order valence-corrected chi connectivity index (χ2v) is 7.31. The number of carbonyl (C=O) groups is 2. The van der Waals surface area contributed by atoms with Gasteiger partial charge >= 0.3 is 5.97 Å². The lowest BCUT2D eigenvalue weighted by Gasteiger charge is -2.24. The van der Waals surface area contributed by atoms with E-state index in [1.165, 1.54) is 6.92 Å². The van der Waals surface area contributed by atoms with Crippen molar-refractivity contribution in [1.29, 1.82) is 5.26 Å². The van der Waals surface area contributed by atoms with Crippen molar-refractivity contribution in [1.82, 2.24) is 0 Å². The minimum absolute atomic E-state index is 0.0156. The summed E-state index contributed by atoms with van der Waals surface area (Å²) in [7, 11) is 0. The number of carbonyl (C=O) groups excluding carboxylic acids is 2. The number of halogens is 1. The molecular weight excluding hydrogens is 461 g/mol. The molecular formula is C20H16INO5. The number of ketones is 1. The number of ether oxygens (including phenoxy) is 3. The molecule has 1 aliphatic rings. The normalized spacial score (nSPS) is 14.1. The van der Waals surface area contributed by atoms with Crippen LogP contribution in [0.4, 0.5) is 0 Å². The predicted molar refractivity (Wildman–Crippen MR) is 105 cm³/mol. The van der Waals surface area contributed by atoms with Gasteiger partial charge in [-0.25, -0.2) is 0 Å². The Morgan fingerprint density at radius 2 is 1.89 bits per heavy atom. The van der Waals surface area contributed by atoms with E-state index in [0.29, 0.717) is 22.8 Å². The Bertz CT molecular complexity index is 919. The predicted octanol–water partition coefficient (Wildman–Crippen LogP) is 3.76. The number of fused-ring (bicyclic) bond motifs is 1. The van der Waals surface area contributed by atoms with Gasteiger partial charge in [-0.15, -0.1) is 0 Å². The Balaban J connectivity index is 1.77. The van der Waals surface area contributed by atoms with Crippen LogP contribution in [0.1, 0.15) is 25.3 Å². The molecule has 2 aromatic rings. The van der Waals surface area contributed by atoms with Crippen molar-refractivity contribution in [3.8, 4) is 23.3 Å². The summed E-state index contributed by atoms with van der Waals surface area (Å²) in [5, 5.41) is 9.79. The monoisotopic (exact) mass is 477 g/mol. The third-order valence-electron chi connectivity index (χ3n) is 4.41. The molecule has 0 aromatic heterocycles. The summed E-state index contributed by atoms with van der Waals surface area (Å²) in [5.41, 5.74) is -0.977. The standard InChI is InChI=1S/C20H16INO5/c1-13(23)20(11-22,14-2-7-17-18(10-14)26-12-25-17)9-8-19(24)27-16-5-3-15(21)4-6-16/h2-7,10H,8-9,12H2,1H3/t20-/m1/s1. The molecule has 0 aliphatic carbocycles. The van der Waals surface area contributed by atoms with Gasteiger partial charge in [-0.3, -0.25) is 9.59 Å². The number of Topliss-reactive ketones (excluding diaryl/α,β-unsaturated/α-hetero) is 1. The van der Waals surface area contributed by atoms with Gasteiger partial charge in [0.2, 0.25) is 6.79 Å². The van der Waals surface area contributed by atoms with Crippen LogP contribution in [-0.2, 0) is 15.0 Å².